The Labute approximate surface area is 142 Å². The van der Waals surface area contributed by atoms with Crippen molar-refractivity contribution in [2.45, 2.75) is 33.1 Å². The molecule has 0 unspecified atom stereocenters. The number of phosphoric ester groups is 1. The van der Waals surface area contributed by atoms with Gasteiger partial charge in [-0.3, -0.25) is 13.8 Å². The summed E-state index contributed by atoms with van der Waals surface area (Å²) >= 11 is 0. The van der Waals surface area contributed by atoms with Gasteiger partial charge in [-0.15, -0.1) is 0 Å². The molecule has 2 atom stereocenters. The van der Waals surface area contributed by atoms with Crippen LogP contribution >= 0.6 is 7.82 Å². The summed E-state index contributed by atoms with van der Waals surface area (Å²) in [7, 11) is -3.68. The summed E-state index contributed by atoms with van der Waals surface area (Å²) in [6.07, 6.45) is 2.80. The Morgan fingerprint density at radius 2 is 1.71 bits per heavy atom. The Morgan fingerprint density at radius 1 is 1.08 bits per heavy atom. The minimum Gasteiger partial charge on any atom is -0.408 e. The van der Waals surface area contributed by atoms with Crippen LogP contribution in [0.4, 0.5) is 0 Å². The minimum atomic E-state index is -3.68. The number of allylic oxidation sites excluding steroid dienone is 2. The molecular formula is C18H23O5P. The van der Waals surface area contributed by atoms with E-state index in [-0.39, 0.29) is 30.8 Å². The number of phosphoric acid groups is 1. The molecule has 2 aliphatic carbocycles. The molecule has 1 fully saturated rings. The third kappa shape index (κ3) is 3.34. The van der Waals surface area contributed by atoms with Gasteiger partial charge in [0, 0.05) is 17.1 Å². The van der Waals surface area contributed by atoms with Crippen molar-refractivity contribution in [1.29, 1.82) is 0 Å². The number of carbonyl (C=O) groups excluding carboxylic acids is 1. The van der Waals surface area contributed by atoms with Gasteiger partial charge in [0.1, 0.15) is 5.76 Å². The summed E-state index contributed by atoms with van der Waals surface area (Å²) in [6, 6.07) is 9.15. The van der Waals surface area contributed by atoms with Crippen LogP contribution in [-0.2, 0) is 18.1 Å². The first-order valence-electron chi connectivity index (χ1n) is 8.50. The highest BCUT2D eigenvalue weighted by Crippen LogP contribution is 2.58. The average molecular weight is 350 g/mol. The Bertz CT molecular complexity index is 672. The molecule has 0 heterocycles. The SMILES string of the molecule is CCOP(=O)(OCC)OC1=C(C(=O)c2ccccc2)[C@H]2CC[C@@H]1C2. The van der Waals surface area contributed by atoms with Gasteiger partial charge in [0.05, 0.1) is 13.2 Å². The van der Waals surface area contributed by atoms with Crippen molar-refractivity contribution in [3.05, 3.63) is 47.2 Å². The highest BCUT2D eigenvalue weighted by molar-refractivity contribution is 7.48. The van der Waals surface area contributed by atoms with Crippen molar-refractivity contribution >= 4 is 13.6 Å². The Morgan fingerprint density at radius 3 is 2.33 bits per heavy atom. The lowest BCUT2D eigenvalue weighted by atomic mass is 9.91. The molecule has 24 heavy (non-hydrogen) atoms. The number of hydrogen-bond donors (Lipinski definition) is 0. The predicted molar refractivity (Wildman–Crippen MR) is 90.6 cm³/mol. The molecule has 2 bridgehead atoms. The fourth-order valence-corrected chi connectivity index (χ4v) is 4.90. The molecule has 130 valence electrons. The smallest absolute Gasteiger partial charge is 0.408 e. The fourth-order valence-electron chi connectivity index (χ4n) is 3.60. The second-order valence-electron chi connectivity index (χ2n) is 6.05. The standard InChI is InChI=1S/C18H23O5P/c1-3-21-24(20,22-4-2)23-18-15-11-10-14(12-15)16(18)17(19)13-8-6-5-7-9-13/h5-9,14-15H,3-4,10-12H2,1-2H3/t14-,15+/m0/s1. The normalized spacial score (nSPS) is 22.9. The molecule has 0 aliphatic heterocycles. The van der Waals surface area contributed by atoms with Crippen LogP contribution in [0.3, 0.4) is 0 Å². The van der Waals surface area contributed by atoms with Crippen molar-refractivity contribution in [2.24, 2.45) is 11.8 Å². The van der Waals surface area contributed by atoms with Crippen LogP contribution in [-0.4, -0.2) is 19.0 Å². The first kappa shape index (κ1) is 17.4. The first-order valence-corrected chi connectivity index (χ1v) is 9.96. The maximum atomic E-state index is 12.9. The first-order chi connectivity index (χ1) is 11.6. The number of rotatable bonds is 8. The van der Waals surface area contributed by atoms with Gasteiger partial charge >= 0.3 is 7.82 Å². The van der Waals surface area contributed by atoms with Crippen LogP contribution in [0.15, 0.2) is 41.7 Å². The number of Topliss-reactive ketones (excluding diaryl/α,β-unsaturated/α-hetero) is 1. The molecule has 1 aromatic carbocycles. The lowest BCUT2D eigenvalue weighted by Gasteiger charge is -2.23. The lowest BCUT2D eigenvalue weighted by molar-refractivity contribution is 0.101. The molecule has 3 rings (SSSR count). The van der Waals surface area contributed by atoms with Gasteiger partial charge in [-0.1, -0.05) is 30.3 Å². The summed E-state index contributed by atoms with van der Waals surface area (Å²) < 4.78 is 29.0. The monoisotopic (exact) mass is 350 g/mol. The molecule has 0 radical (unpaired) electrons. The number of fused-ring (bicyclic) bond motifs is 2. The highest BCUT2D eigenvalue weighted by Gasteiger charge is 2.46. The fraction of sp³-hybridized carbons (Fsp3) is 0.500. The third-order valence-electron chi connectivity index (χ3n) is 4.54. The molecular weight excluding hydrogens is 327 g/mol. The molecule has 0 N–H and O–H groups in total. The molecule has 0 amide bonds. The molecule has 1 saturated carbocycles. The molecule has 2 aliphatic rings. The van der Waals surface area contributed by atoms with E-state index in [9.17, 15) is 9.36 Å². The van der Waals surface area contributed by atoms with E-state index >= 15 is 0 Å². The van der Waals surface area contributed by atoms with E-state index in [1.54, 1.807) is 26.0 Å². The number of carbonyl (C=O) groups is 1. The zero-order chi connectivity index (χ0) is 17.2. The molecule has 0 saturated heterocycles. The Hall–Kier alpha value is -1.42. The van der Waals surface area contributed by atoms with E-state index in [0.29, 0.717) is 16.9 Å². The van der Waals surface area contributed by atoms with Gasteiger partial charge in [-0.05, 0) is 39.0 Å². The topological polar surface area (TPSA) is 61.8 Å². The molecule has 0 aromatic heterocycles. The lowest BCUT2D eigenvalue weighted by Crippen LogP contribution is -2.15. The second-order valence-corrected chi connectivity index (χ2v) is 7.65. The Balaban J connectivity index is 1.94. The van der Waals surface area contributed by atoms with Gasteiger partial charge in [0.25, 0.3) is 0 Å². The van der Waals surface area contributed by atoms with Crippen molar-refractivity contribution < 1.29 is 22.9 Å². The highest BCUT2D eigenvalue weighted by atomic mass is 31.2. The quantitative estimate of drug-likeness (QED) is 0.500. The molecule has 1 aromatic rings. The summed E-state index contributed by atoms with van der Waals surface area (Å²) in [5.74, 6) is 0.781. The zero-order valence-electron chi connectivity index (χ0n) is 14.1. The maximum absolute atomic E-state index is 12.9. The van der Waals surface area contributed by atoms with E-state index in [4.69, 9.17) is 13.6 Å². The molecule has 6 heteroatoms. The number of benzene rings is 1. The van der Waals surface area contributed by atoms with Crippen LogP contribution in [0, 0.1) is 11.8 Å². The van der Waals surface area contributed by atoms with Gasteiger partial charge < -0.3 is 4.52 Å². The van der Waals surface area contributed by atoms with Gasteiger partial charge in [0.15, 0.2) is 5.78 Å². The van der Waals surface area contributed by atoms with Crippen LogP contribution < -0.4 is 0 Å². The van der Waals surface area contributed by atoms with Crippen LogP contribution in [0.2, 0.25) is 0 Å². The number of ketones is 1. The predicted octanol–water partition coefficient (Wildman–Crippen LogP) is 4.75. The molecule has 0 spiro atoms. The summed E-state index contributed by atoms with van der Waals surface area (Å²) in [5, 5.41) is 0. The third-order valence-corrected chi connectivity index (χ3v) is 6.11. The van der Waals surface area contributed by atoms with Gasteiger partial charge in [-0.25, -0.2) is 4.57 Å². The van der Waals surface area contributed by atoms with Crippen molar-refractivity contribution in [2.75, 3.05) is 13.2 Å². The van der Waals surface area contributed by atoms with E-state index < -0.39 is 7.82 Å². The summed E-state index contributed by atoms with van der Waals surface area (Å²) in [5.41, 5.74) is 1.28. The largest absolute Gasteiger partial charge is 0.529 e. The minimum absolute atomic E-state index is 0.0441. The van der Waals surface area contributed by atoms with Crippen molar-refractivity contribution in [1.82, 2.24) is 0 Å². The molecule has 5 nitrogen and oxygen atoms in total. The van der Waals surface area contributed by atoms with Crippen molar-refractivity contribution in [3.63, 3.8) is 0 Å². The van der Waals surface area contributed by atoms with Gasteiger partial charge in [-0.2, -0.15) is 0 Å². The van der Waals surface area contributed by atoms with Crippen LogP contribution in [0.5, 0.6) is 0 Å². The zero-order valence-corrected chi connectivity index (χ0v) is 15.0. The number of hydrogen-bond acceptors (Lipinski definition) is 5. The van der Waals surface area contributed by atoms with E-state index in [2.05, 4.69) is 0 Å². The van der Waals surface area contributed by atoms with Crippen LogP contribution in [0.25, 0.3) is 0 Å². The van der Waals surface area contributed by atoms with E-state index in [1.165, 1.54) is 0 Å². The Kier molecular flexibility index (Phi) is 5.24. The van der Waals surface area contributed by atoms with Gasteiger partial charge in [0.2, 0.25) is 0 Å². The van der Waals surface area contributed by atoms with Crippen LogP contribution in [0.1, 0.15) is 43.5 Å². The average Bonchev–Trinajstić information content (AvgIpc) is 3.17. The van der Waals surface area contributed by atoms with E-state index in [0.717, 1.165) is 19.3 Å². The van der Waals surface area contributed by atoms with Crippen molar-refractivity contribution in [3.8, 4) is 0 Å². The van der Waals surface area contributed by atoms with E-state index in [1.807, 2.05) is 18.2 Å². The maximum Gasteiger partial charge on any atom is 0.529 e. The second kappa shape index (κ2) is 7.22. The summed E-state index contributed by atoms with van der Waals surface area (Å²) in [4.78, 5) is 12.9. The summed E-state index contributed by atoms with van der Waals surface area (Å²) in [6.45, 7) is 3.92.